The van der Waals surface area contributed by atoms with Gasteiger partial charge in [-0.25, -0.2) is 4.39 Å². The number of ketones is 1. The number of fused-ring (bicyclic) bond motifs is 1. The van der Waals surface area contributed by atoms with Crippen LogP contribution in [0.5, 0.6) is 5.75 Å². The summed E-state index contributed by atoms with van der Waals surface area (Å²) in [6, 6.07) is 7.58. The summed E-state index contributed by atoms with van der Waals surface area (Å²) in [6.45, 7) is 3.46. The molecule has 1 N–H and O–H groups in total. The second kappa shape index (κ2) is 9.31. The number of hydrogen-bond donors (Lipinski definition) is 1. The van der Waals surface area contributed by atoms with Crippen LogP contribution in [-0.2, 0) is 0 Å². The van der Waals surface area contributed by atoms with E-state index in [2.05, 4.69) is 16.9 Å². The molecule has 2 heterocycles. The van der Waals surface area contributed by atoms with Crippen LogP contribution in [0.25, 0.3) is 10.9 Å². The second-order valence-electron chi connectivity index (χ2n) is 8.28. The molecule has 0 radical (unpaired) electrons. The summed E-state index contributed by atoms with van der Waals surface area (Å²) < 4.78 is 19.3. The van der Waals surface area contributed by atoms with Crippen LogP contribution in [-0.4, -0.2) is 67.6 Å². The van der Waals surface area contributed by atoms with Crippen molar-refractivity contribution in [3.63, 3.8) is 0 Å². The number of nitriles is 1. The molecule has 1 fully saturated rings. The Labute approximate surface area is 176 Å². The van der Waals surface area contributed by atoms with Gasteiger partial charge >= 0.3 is 0 Å². The lowest BCUT2D eigenvalue weighted by Gasteiger charge is -2.30. The molecule has 6 nitrogen and oxygen atoms in total. The second-order valence-corrected chi connectivity index (χ2v) is 8.28. The Morgan fingerprint density at radius 2 is 2.10 bits per heavy atom. The van der Waals surface area contributed by atoms with Crippen LogP contribution in [0.3, 0.4) is 0 Å². The number of ether oxygens (including phenoxy) is 1. The fraction of sp³-hybridized carbons (Fsp3) is 0.478. The summed E-state index contributed by atoms with van der Waals surface area (Å²) in [6.07, 6.45) is 2.44. The molecule has 0 bridgehead atoms. The third-order valence-electron chi connectivity index (χ3n) is 5.38. The molecule has 0 spiro atoms. The Morgan fingerprint density at radius 1 is 1.40 bits per heavy atom. The summed E-state index contributed by atoms with van der Waals surface area (Å²) in [7, 11) is 5.64. The van der Waals surface area contributed by atoms with Crippen LogP contribution >= 0.6 is 0 Å². The first kappa shape index (κ1) is 21.8. The van der Waals surface area contributed by atoms with Gasteiger partial charge in [-0.15, -0.1) is 0 Å². The van der Waals surface area contributed by atoms with Crippen molar-refractivity contribution in [2.24, 2.45) is 0 Å². The van der Waals surface area contributed by atoms with Crippen LogP contribution in [0, 0.1) is 11.3 Å². The molecular formula is C23H29FN4O2. The Balaban J connectivity index is 2.00. The van der Waals surface area contributed by atoms with E-state index in [0.717, 1.165) is 42.4 Å². The molecular weight excluding hydrogens is 383 g/mol. The Bertz CT molecular complexity index is 979. The van der Waals surface area contributed by atoms with Gasteiger partial charge in [-0.1, -0.05) is 0 Å². The SMILES string of the molecule is CC(F)COc1cc2cc(C(=O)/C(C#N)=C/N(C)C)[nH]c2cc1C1CCN(C)CC1. The molecule has 0 amide bonds. The fourth-order valence-electron chi connectivity index (χ4n) is 3.81. The van der Waals surface area contributed by atoms with E-state index in [4.69, 9.17) is 4.74 Å². The number of aromatic nitrogens is 1. The van der Waals surface area contributed by atoms with Gasteiger partial charge in [0.2, 0.25) is 5.78 Å². The molecule has 0 aliphatic carbocycles. The summed E-state index contributed by atoms with van der Waals surface area (Å²) in [4.78, 5) is 19.9. The molecule has 1 unspecified atom stereocenters. The van der Waals surface area contributed by atoms with Crippen LogP contribution in [0.15, 0.2) is 30.0 Å². The number of nitrogens with one attached hydrogen (secondary N) is 1. The maximum Gasteiger partial charge on any atom is 0.221 e. The molecule has 30 heavy (non-hydrogen) atoms. The predicted molar refractivity (Wildman–Crippen MR) is 116 cm³/mol. The van der Waals surface area contributed by atoms with Gasteiger partial charge in [0, 0.05) is 31.2 Å². The summed E-state index contributed by atoms with van der Waals surface area (Å²) in [5.74, 6) is 0.633. The maximum atomic E-state index is 13.4. The van der Waals surface area contributed by atoms with Gasteiger partial charge in [0.1, 0.15) is 30.2 Å². The first-order valence-corrected chi connectivity index (χ1v) is 10.2. The van der Waals surface area contributed by atoms with Gasteiger partial charge < -0.3 is 19.5 Å². The van der Waals surface area contributed by atoms with E-state index in [9.17, 15) is 14.4 Å². The van der Waals surface area contributed by atoms with Crippen molar-refractivity contribution in [1.82, 2.24) is 14.8 Å². The molecule has 7 heteroatoms. The highest BCUT2D eigenvalue weighted by Crippen LogP contribution is 2.37. The number of hydrogen-bond acceptors (Lipinski definition) is 5. The van der Waals surface area contributed by atoms with E-state index >= 15 is 0 Å². The van der Waals surface area contributed by atoms with Crippen LogP contribution in [0.4, 0.5) is 4.39 Å². The first-order valence-electron chi connectivity index (χ1n) is 10.2. The minimum atomic E-state index is -1.07. The predicted octanol–water partition coefficient (Wildman–Crippen LogP) is 3.87. The molecule has 160 valence electrons. The number of aromatic amines is 1. The quantitative estimate of drug-likeness (QED) is 0.425. The van der Waals surface area contributed by atoms with Gasteiger partial charge in [0.05, 0.1) is 5.69 Å². The van der Waals surface area contributed by atoms with E-state index in [1.54, 1.807) is 25.1 Å². The number of piperidine rings is 1. The lowest BCUT2D eigenvalue weighted by molar-refractivity contribution is 0.103. The smallest absolute Gasteiger partial charge is 0.221 e. The van der Waals surface area contributed by atoms with Crippen molar-refractivity contribution in [1.29, 1.82) is 5.26 Å². The standard InChI is InChI=1S/C23H29FN4O2/c1-15(24)14-30-22-10-17-9-21(23(29)18(12-25)13-27(2)3)26-20(17)11-19(22)16-5-7-28(4)8-6-16/h9-11,13,15-16,26H,5-8,14H2,1-4H3/b18-13+. The average molecular weight is 413 g/mol. The van der Waals surface area contributed by atoms with Crippen LogP contribution in [0.2, 0.25) is 0 Å². The number of halogens is 1. The van der Waals surface area contributed by atoms with Crippen LogP contribution in [0.1, 0.15) is 41.7 Å². The third-order valence-corrected chi connectivity index (χ3v) is 5.38. The molecule has 2 aromatic rings. The molecule has 1 atom stereocenters. The van der Waals surface area contributed by atoms with Crippen molar-refractivity contribution < 1.29 is 13.9 Å². The monoisotopic (exact) mass is 412 g/mol. The topological polar surface area (TPSA) is 72.4 Å². The van der Waals surface area contributed by atoms with Crippen molar-refractivity contribution in [3.05, 3.63) is 41.2 Å². The minimum absolute atomic E-state index is 0.00844. The maximum absolute atomic E-state index is 13.4. The van der Waals surface area contributed by atoms with E-state index in [-0.39, 0.29) is 18.0 Å². The zero-order chi connectivity index (χ0) is 21.8. The molecule has 1 aromatic heterocycles. The van der Waals surface area contributed by atoms with Crippen molar-refractivity contribution in [2.45, 2.75) is 31.9 Å². The lowest BCUT2D eigenvalue weighted by Crippen LogP contribution is -2.29. The number of carbonyl (C=O) groups excluding carboxylic acids is 1. The summed E-state index contributed by atoms with van der Waals surface area (Å²) in [5, 5.41) is 10.1. The van der Waals surface area contributed by atoms with Gasteiger partial charge in [-0.05, 0) is 69.6 Å². The number of likely N-dealkylation sites (tertiary alicyclic amines) is 1. The van der Waals surface area contributed by atoms with Crippen molar-refractivity contribution in [3.8, 4) is 11.8 Å². The van der Waals surface area contributed by atoms with Crippen molar-refractivity contribution in [2.75, 3.05) is 40.8 Å². The number of nitrogens with zero attached hydrogens (tertiary/aromatic N) is 3. The van der Waals surface area contributed by atoms with E-state index in [1.165, 1.54) is 13.1 Å². The Morgan fingerprint density at radius 3 is 2.70 bits per heavy atom. The molecule has 0 saturated carbocycles. The zero-order valence-corrected chi connectivity index (χ0v) is 18.0. The van der Waals surface area contributed by atoms with Gasteiger partial charge in [-0.3, -0.25) is 4.79 Å². The van der Waals surface area contributed by atoms with Gasteiger partial charge in [-0.2, -0.15) is 5.26 Å². The van der Waals surface area contributed by atoms with E-state index in [0.29, 0.717) is 17.4 Å². The minimum Gasteiger partial charge on any atom is -0.490 e. The van der Waals surface area contributed by atoms with E-state index < -0.39 is 6.17 Å². The normalized spacial score (nSPS) is 17.0. The molecule has 3 rings (SSSR count). The third kappa shape index (κ3) is 5.00. The highest BCUT2D eigenvalue weighted by atomic mass is 19.1. The molecule has 1 aliphatic heterocycles. The fourth-order valence-corrected chi connectivity index (χ4v) is 3.81. The zero-order valence-electron chi connectivity index (χ0n) is 18.0. The lowest BCUT2D eigenvalue weighted by atomic mass is 9.88. The number of H-pyrrole nitrogens is 1. The molecule has 1 aliphatic rings. The van der Waals surface area contributed by atoms with Crippen molar-refractivity contribution >= 4 is 16.7 Å². The molecule has 1 aromatic carbocycles. The number of rotatable bonds is 7. The average Bonchev–Trinajstić information content (AvgIpc) is 3.12. The highest BCUT2D eigenvalue weighted by molar-refractivity contribution is 6.12. The Kier molecular flexibility index (Phi) is 6.78. The highest BCUT2D eigenvalue weighted by Gasteiger charge is 2.24. The Hall–Kier alpha value is -2.85. The number of benzene rings is 1. The number of carbonyl (C=O) groups is 1. The number of Topliss-reactive ketones (excluding diaryl/α,β-unsaturated/α-hetero) is 1. The van der Waals surface area contributed by atoms with Gasteiger partial charge in [0.25, 0.3) is 0 Å². The summed E-state index contributed by atoms with van der Waals surface area (Å²) in [5.41, 5.74) is 2.27. The van der Waals surface area contributed by atoms with E-state index in [1.807, 2.05) is 18.2 Å². The summed E-state index contributed by atoms with van der Waals surface area (Å²) >= 11 is 0. The number of alkyl halides is 1. The first-order chi connectivity index (χ1) is 14.3. The van der Waals surface area contributed by atoms with Gasteiger partial charge in [0.15, 0.2) is 0 Å². The number of allylic oxidation sites excluding steroid dienone is 1. The largest absolute Gasteiger partial charge is 0.490 e. The van der Waals surface area contributed by atoms with Crippen LogP contribution < -0.4 is 4.74 Å². The molecule has 1 saturated heterocycles.